The van der Waals surface area contributed by atoms with Gasteiger partial charge in [-0.2, -0.15) is 0 Å². The van der Waals surface area contributed by atoms with Crippen molar-refractivity contribution in [3.05, 3.63) is 41.5 Å². The summed E-state index contributed by atoms with van der Waals surface area (Å²) in [6, 6.07) is 8.01. The molecule has 0 aliphatic rings. The van der Waals surface area contributed by atoms with Crippen LogP contribution in [0.25, 0.3) is 6.08 Å². The Bertz CT molecular complexity index is 413. The summed E-state index contributed by atoms with van der Waals surface area (Å²) in [6.07, 6.45) is 4.88. The molecule has 3 nitrogen and oxygen atoms in total. The molecule has 0 saturated heterocycles. The number of carbonyl (C=O) groups is 1. The lowest BCUT2D eigenvalue weighted by Gasteiger charge is -2.11. The van der Waals surface area contributed by atoms with E-state index in [1.807, 2.05) is 44.2 Å². The van der Waals surface area contributed by atoms with E-state index >= 15 is 0 Å². The number of carbonyl (C=O) groups excluding carboxylic acids is 1. The van der Waals surface area contributed by atoms with Crippen LogP contribution in [0.5, 0.6) is 0 Å². The van der Waals surface area contributed by atoms with E-state index in [0.29, 0.717) is 6.42 Å². The molecule has 18 heavy (non-hydrogen) atoms. The topological polar surface area (TPSA) is 49.3 Å². The van der Waals surface area contributed by atoms with Crippen molar-refractivity contribution < 1.29 is 9.90 Å². The van der Waals surface area contributed by atoms with Crippen LogP contribution in [0.15, 0.2) is 30.3 Å². The molecule has 98 valence electrons. The van der Waals surface area contributed by atoms with Gasteiger partial charge >= 0.3 is 0 Å². The molecule has 1 atom stereocenters. The summed E-state index contributed by atoms with van der Waals surface area (Å²) < 4.78 is 0. The fourth-order valence-corrected chi connectivity index (χ4v) is 1.70. The minimum Gasteiger partial charge on any atom is -0.396 e. The molecule has 0 bridgehead atoms. The number of benzene rings is 1. The Balaban J connectivity index is 2.47. The highest BCUT2D eigenvalue weighted by atomic mass is 16.2. The van der Waals surface area contributed by atoms with Crippen molar-refractivity contribution in [1.29, 1.82) is 0 Å². The standard InChI is InChI=1S/C15H21NO2/c1-12-6-3-4-8-14(12)9-10-15(18)16-13(2)7-5-11-17/h3-4,6,8-10,13,17H,5,7,11H2,1-2H3,(H,16,18). The highest BCUT2D eigenvalue weighted by molar-refractivity contribution is 5.92. The van der Waals surface area contributed by atoms with Crippen LogP contribution in [0.1, 0.15) is 30.9 Å². The van der Waals surface area contributed by atoms with Crippen molar-refractivity contribution in [2.24, 2.45) is 0 Å². The molecule has 3 heteroatoms. The van der Waals surface area contributed by atoms with Gasteiger partial charge in [0.25, 0.3) is 0 Å². The molecular formula is C15H21NO2. The van der Waals surface area contributed by atoms with E-state index in [9.17, 15) is 4.79 Å². The van der Waals surface area contributed by atoms with Crippen molar-refractivity contribution in [3.8, 4) is 0 Å². The summed E-state index contributed by atoms with van der Waals surface area (Å²) in [6.45, 7) is 4.12. The van der Waals surface area contributed by atoms with Crippen LogP contribution in [0.4, 0.5) is 0 Å². The summed E-state index contributed by atoms with van der Waals surface area (Å²) in [4.78, 5) is 11.6. The van der Waals surface area contributed by atoms with Gasteiger partial charge in [0.05, 0.1) is 0 Å². The smallest absolute Gasteiger partial charge is 0.244 e. The summed E-state index contributed by atoms with van der Waals surface area (Å²) in [7, 11) is 0. The highest BCUT2D eigenvalue weighted by Gasteiger charge is 2.03. The molecule has 0 aromatic heterocycles. The molecular weight excluding hydrogens is 226 g/mol. The summed E-state index contributed by atoms with van der Waals surface area (Å²) in [5.41, 5.74) is 2.20. The molecule has 1 amide bonds. The maximum Gasteiger partial charge on any atom is 0.244 e. The predicted octanol–water partition coefficient (Wildman–Crippen LogP) is 2.29. The average Bonchev–Trinajstić information content (AvgIpc) is 2.35. The monoisotopic (exact) mass is 247 g/mol. The quantitative estimate of drug-likeness (QED) is 0.758. The Morgan fingerprint density at radius 1 is 1.44 bits per heavy atom. The predicted molar refractivity (Wildman–Crippen MR) is 74.1 cm³/mol. The number of aliphatic hydroxyl groups excluding tert-OH is 1. The maximum absolute atomic E-state index is 11.6. The third kappa shape index (κ3) is 5.15. The minimum atomic E-state index is -0.0938. The average molecular weight is 247 g/mol. The molecule has 0 saturated carbocycles. The van der Waals surface area contributed by atoms with Crippen LogP contribution in [-0.4, -0.2) is 23.7 Å². The second kappa shape index (κ2) is 7.67. The lowest BCUT2D eigenvalue weighted by Crippen LogP contribution is -2.31. The van der Waals surface area contributed by atoms with Crippen molar-refractivity contribution in [3.63, 3.8) is 0 Å². The van der Waals surface area contributed by atoms with E-state index < -0.39 is 0 Å². The van der Waals surface area contributed by atoms with Gasteiger partial charge in [0.1, 0.15) is 0 Å². The molecule has 0 fully saturated rings. The van der Waals surface area contributed by atoms with E-state index in [2.05, 4.69) is 5.32 Å². The second-order valence-corrected chi connectivity index (χ2v) is 4.47. The van der Waals surface area contributed by atoms with E-state index in [0.717, 1.165) is 17.5 Å². The number of aryl methyl sites for hydroxylation is 1. The van der Waals surface area contributed by atoms with Crippen LogP contribution in [0.3, 0.4) is 0 Å². The molecule has 1 unspecified atom stereocenters. The summed E-state index contributed by atoms with van der Waals surface area (Å²) >= 11 is 0. The molecule has 2 N–H and O–H groups in total. The Hall–Kier alpha value is -1.61. The van der Waals surface area contributed by atoms with Gasteiger partial charge in [-0.15, -0.1) is 0 Å². The Morgan fingerprint density at radius 3 is 2.83 bits per heavy atom. The molecule has 0 aliphatic heterocycles. The van der Waals surface area contributed by atoms with E-state index in [4.69, 9.17) is 5.11 Å². The van der Waals surface area contributed by atoms with Gasteiger partial charge in [-0.3, -0.25) is 4.79 Å². The fraction of sp³-hybridized carbons (Fsp3) is 0.400. The molecule has 0 heterocycles. The maximum atomic E-state index is 11.6. The van der Waals surface area contributed by atoms with Crippen LogP contribution in [-0.2, 0) is 4.79 Å². The first kappa shape index (κ1) is 14.5. The Labute approximate surface area is 109 Å². The van der Waals surface area contributed by atoms with Crippen molar-refractivity contribution in [1.82, 2.24) is 5.32 Å². The van der Waals surface area contributed by atoms with Gasteiger partial charge in [-0.05, 0) is 43.9 Å². The van der Waals surface area contributed by atoms with Crippen LogP contribution in [0, 0.1) is 6.92 Å². The zero-order chi connectivity index (χ0) is 13.4. The van der Waals surface area contributed by atoms with Crippen molar-refractivity contribution >= 4 is 12.0 Å². The van der Waals surface area contributed by atoms with Crippen LogP contribution in [0.2, 0.25) is 0 Å². The molecule has 0 radical (unpaired) electrons. The van der Waals surface area contributed by atoms with Gasteiger partial charge in [0, 0.05) is 18.7 Å². The Kier molecular flexibility index (Phi) is 6.15. The van der Waals surface area contributed by atoms with Gasteiger partial charge in [0.15, 0.2) is 0 Å². The lowest BCUT2D eigenvalue weighted by molar-refractivity contribution is -0.117. The van der Waals surface area contributed by atoms with Gasteiger partial charge in [-0.25, -0.2) is 0 Å². The zero-order valence-electron chi connectivity index (χ0n) is 11.0. The molecule has 0 spiro atoms. The zero-order valence-corrected chi connectivity index (χ0v) is 11.0. The van der Waals surface area contributed by atoms with E-state index in [-0.39, 0.29) is 18.6 Å². The highest BCUT2D eigenvalue weighted by Crippen LogP contribution is 2.08. The number of aliphatic hydroxyl groups is 1. The third-order valence-electron chi connectivity index (χ3n) is 2.79. The molecule has 0 aliphatic carbocycles. The van der Waals surface area contributed by atoms with Gasteiger partial charge < -0.3 is 10.4 Å². The first-order valence-electron chi connectivity index (χ1n) is 6.28. The Morgan fingerprint density at radius 2 is 2.17 bits per heavy atom. The number of hydrogen-bond acceptors (Lipinski definition) is 2. The third-order valence-corrected chi connectivity index (χ3v) is 2.79. The number of nitrogens with one attached hydrogen (secondary N) is 1. The number of hydrogen-bond donors (Lipinski definition) is 2. The molecule has 1 aromatic rings. The second-order valence-electron chi connectivity index (χ2n) is 4.47. The van der Waals surface area contributed by atoms with E-state index in [1.165, 1.54) is 0 Å². The first-order valence-corrected chi connectivity index (χ1v) is 6.28. The van der Waals surface area contributed by atoms with E-state index in [1.54, 1.807) is 6.08 Å². The first-order chi connectivity index (χ1) is 8.63. The molecule has 1 rings (SSSR count). The van der Waals surface area contributed by atoms with Crippen molar-refractivity contribution in [2.45, 2.75) is 32.7 Å². The minimum absolute atomic E-state index is 0.0890. The van der Waals surface area contributed by atoms with Crippen molar-refractivity contribution in [2.75, 3.05) is 6.61 Å². The van der Waals surface area contributed by atoms with Crippen LogP contribution >= 0.6 is 0 Å². The molecule has 1 aromatic carbocycles. The number of amides is 1. The lowest BCUT2D eigenvalue weighted by atomic mass is 10.1. The van der Waals surface area contributed by atoms with Gasteiger partial charge in [0.2, 0.25) is 5.91 Å². The summed E-state index contributed by atoms with van der Waals surface area (Å²) in [5, 5.41) is 11.6. The number of rotatable bonds is 6. The SMILES string of the molecule is Cc1ccccc1C=CC(=O)NC(C)CCCO. The largest absolute Gasteiger partial charge is 0.396 e. The fourth-order valence-electron chi connectivity index (χ4n) is 1.70. The summed E-state index contributed by atoms with van der Waals surface area (Å²) in [5.74, 6) is -0.0938. The van der Waals surface area contributed by atoms with Gasteiger partial charge in [-0.1, -0.05) is 24.3 Å². The normalized spacial score (nSPS) is 12.6. The van der Waals surface area contributed by atoms with Crippen LogP contribution < -0.4 is 5.32 Å².